The van der Waals surface area contributed by atoms with Crippen molar-refractivity contribution in [3.63, 3.8) is 0 Å². The number of carboxylic acids is 1. The SMILES string of the molecule is CCN(c1ccccc1C(=O)O)S(=O)(=O)c1ccc(Cl)cc1. The maximum absolute atomic E-state index is 12.7. The largest absolute Gasteiger partial charge is 0.478 e. The fourth-order valence-corrected chi connectivity index (χ4v) is 3.69. The van der Waals surface area contributed by atoms with E-state index in [-0.39, 0.29) is 22.7 Å². The first-order chi connectivity index (χ1) is 10.4. The van der Waals surface area contributed by atoms with Gasteiger partial charge in [0.25, 0.3) is 10.0 Å². The highest BCUT2D eigenvalue weighted by Crippen LogP contribution is 2.27. The minimum absolute atomic E-state index is 0.0546. The van der Waals surface area contributed by atoms with Gasteiger partial charge in [0.2, 0.25) is 0 Å². The number of anilines is 1. The van der Waals surface area contributed by atoms with Crippen LogP contribution in [0.2, 0.25) is 5.02 Å². The van der Waals surface area contributed by atoms with Crippen LogP contribution in [0.5, 0.6) is 0 Å². The van der Waals surface area contributed by atoms with Gasteiger partial charge in [0.05, 0.1) is 16.1 Å². The Morgan fingerprint density at radius 1 is 1.14 bits per heavy atom. The molecule has 0 aromatic heterocycles. The van der Waals surface area contributed by atoms with Crippen molar-refractivity contribution < 1.29 is 18.3 Å². The number of para-hydroxylation sites is 1. The number of hydrogen-bond acceptors (Lipinski definition) is 3. The quantitative estimate of drug-likeness (QED) is 0.907. The van der Waals surface area contributed by atoms with Gasteiger partial charge in [-0.3, -0.25) is 4.31 Å². The van der Waals surface area contributed by atoms with Gasteiger partial charge in [0.15, 0.2) is 0 Å². The van der Waals surface area contributed by atoms with Crippen LogP contribution in [0.25, 0.3) is 0 Å². The molecule has 0 aliphatic heterocycles. The summed E-state index contributed by atoms with van der Waals surface area (Å²) in [6.45, 7) is 1.75. The monoisotopic (exact) mass is 339 g/mol. The Balaban J connectivity index is 2.57. The summed E-state index contributed by atoms with van der Waals surface area (Å²) in [6, 6.07) is 11.7. The average molecular weight is 340 g/mol. The third kappa shape index (κ3) is 3.08. The van der Waals surface area contributed by atoms with Crippen molar-refractivity contribution in [2.75, 3.05) is 10.8 Å². The molecule has 0 aliphatic carbocycles. The van der Waals surface area contributed by atoms with Gasteiger partial charge in [0, 0.05) is 11.6 Å². The first kappa shape index (κ1) is 16.3. The molecule has 0 atom stereocenters. The third-order valence-corrected chi connectivity index (χ3v) is 5.25. The minimum atomic E-state index is -3.87. The molecule has 0 radical (unpaired) electrons. The molecule has 0 spiro atoms. The molecule has 2 aromatic carbocycles. The van der Waals surface area contributed by atoms with Gasteiger partial charge in [0.1, 0.15) is 0 Å². The fourth-order valence-electron chi connectivity index (χ4n) is 2.08. The lowest BCUT2D eigenvalue weighted by Gasteiger charge is -2.24. The Kier molecular flexibility index (Phi) is 4.73. The molecule has 2 rings (SSSR count). The van der Waals surface area contributed by atoms with Crippen LogP contribution in [-0.4, -0.2) is 26.0 Å². The summed E-state index contributed by atoms with van der Waals surface area (Å²) in [7, 11) is -3.87. The minimum Gasteiger partial charge on any atom is -0.478 e. The summed E-state index contributed by atoms with van der Waals surface area (Å²) in [5, 5.41) is 9.67. The summed E-state index contributed by atoms with van der Waals surface area (Å²) in [4.78, 5) is 11.4. The van der Waals surface area contributed by atoms with Crippen LogP contribution < -0.4 is 4.31 Å². The third-order valence-electron chi connectivity index (χ3n) is 3.09. The van der Waals surface area contributed by atoms with Crippen LogP contribution in [0.4, 0.5) is 5.69 Å². The second-order valence-electron chi connectivity index (χ2n) is 4.45. The van der Waals surface area contributed by atoms with Crippen molar-refractivity contribution in [1.82, 2.24) is 0 Å². The van der Waals surface area contributed by atoms with Crippen molar-refractivity contribution in [3.05, 3.63) is 59.1 Å². The number of carbonyl (C=O) groups is 1. The Labute approximate surface area is 133 Å². The summed E-state index contributed by atoms with van der Waals surface area (Å²) in [5.74, 6) is -1.18. The molecule has 5 nitrogen and oxygen atoms in total. The van der Waals surface area contributed by atoms with Gasteiger partial charge in [-0.2, -0.15) is 0 Å². The standard InChI is InChI=1S/C15H14ClNO4S/c1-2-17(14-6-4-3-5-13(14)15(18)19)22(20,21)12-9-7-11(16)8-10-12/h3-10H,2H2,1H3,(H,18,19). The number of benzene rings is 2. The van der Waals surface area contributed by atoms with E-state index in [1.165, 1.54) is 36.4 Å². The van der Waals surface area contributed by atoms with Crippen LogP contribution in [0.1, 0.15) is 17.3 Å². The first-order valence-corrected chi connectivity index (χ1v) is 8.30. The van der Waals surface area contributed by atoms with Crippen molar-refractivity contribution in [2.45, 2.75) is 11.8 Å². The Morgan fingerprint density at radius 2 is 1.73 bits per heavy atom. The molecule has 7 heteroatoms. The number of rotatable bonds is 5. The van der Waals surface area contributed by atoms with E-state index in [9.17, 15) is 18.3 Å². The van der Waals surface area contributed by atoms with Crippen molar-refractivity contribution in [3.8, 4) is 0 Å². The lowest BCUT2D eigenvalue weighted by Crippen LogP contribution is -2.32. The van der Waals surface area contributed by atoms with Crippen LogP contribution in [0.3, 0.4) is 0 Å². The van der Waals surface area contributed by atoms with Gasteiger partial charge in [-0.25, -0.2) is 13.2 Å². The molecule has 0 saturated carbocycles. The molecule has 0 heterocycles. The van der Waals surface area contributed by atoms with Gasteiger partial charge in [-0.05, 0) is 43.3 Å². The molecular weight excluding hydrogens is 326 g/mol. The zero-order chi connectivity index (χ0) is 16.3. The van der Waals surface area contributed by atoms with E-state index in [2.05, 4.69) is 0 Å². The van der Waals surface area contributed by atoms with Crippen molar-refractivity contribution in [1.29, 1.82) is 0 Å². The highest BCUT2D eigenvalue weighted by Gasteiger charge is 2.26. The van der Waals surface area contributed by atoms with Crippen LogP contribution in [-0.2, 0) is 10.0 Å². The van der Waals surface area contributed by atoms with Gasteiger partial charge < -0.3 is 5.11 Å². The lowest BCUT2D eigenvalue weighted by molar-refractivity contribution is 0.0698. The van der Waals surface area contributed by atoms with E-state index in [0.717, 1.165) is 4.31 Å². The molecule has 0 amide bonds. The van der Waals surface area contributed by atoms with Crippen LogP contribution in [0.15, 0.2) is 53.4 Å². The number of aromatic carboxylic acids is 1. The topological polar surface area (TPSA) is 74.7 Å². The predicted molar refractivity (Wildman–Crippen MR) is 85.1 cm³/mol. The number of carboxylic acid groups (broad SMARTS) is 1. The van der Waals surface area contributed by atoms with Crippen molar-refractivity contribution >= 4 is 33.3 Å². The molecule has 0 saturated heterocycles. The Hall–Kier alpha value is -2.05. The van der Waals surface area contributed by atoms with E-state index < -0.39 is 16.0 Å². The maximum Gasteiger partial charge on any atom is 0.337 e. The number of sulfonamides is 1. The highest BCUT2D eigenvalue weighted by atomic mass is 35.5. The van der Waals surface area contributed by atoms with E-state index in [0.29, 0.717) is 5.02 Å². The van der Waals surface area contributed by atoms with Gasteiger partial charge in [-0.15, -0.1) is 0 Å². The zero-order valence-corrected chi connectivity index (χ0v) is 13.3. The number of halogens is 1. The Morgan fingerprint density at radius 3 is 2.27 bits per heavy atom. The van der Waals surface area contributed by atoms with Crippen LogP contribution in [0, 0.1) is 0 Å². The van der Waals surface area contributed by atoms with E-state index in [1.807, 2.05) is 0 Å². The zero-order valence-electron chi connectivity index (χ0n) is 11.7. The second kappa shape index (κ2) is 6.37. The van der Waals surface area contributed by atoms with Crippen molar-refractivity contribution in [2.24, 2.45) is 0 Å². The van der Waals surface area contributed by atoms with E-state index in [1.54, 1.807) is 19.1 Å². The molecule has 0 unspecified atom stereocenters. The molecule has 116 valence electrons. The van der Waals surface area contributed by atoms with Crippen LogP contribution >= 0.6 is 11.6 Å². The van der Waals surface area contributed by atoms with Gasteiger partial charge >= 0.3 is 5.97 Å². The second-order valence-corrected chi connectivity index (χ2v) is 6.74. The highest BCUT2D eigenvalue weighted by molar-refractivity contribution is 7.92. The average Bonchev–Trinajstić information content (AvgIpc) is 2.48. The smallest absolute Gasteiger partial charge is 0.337 e. The molecule has 0 fully saturated rings. The molecular formula is C15H14ClNO4S. The fraction of sp³-hybridized carbons (Fsp3) is 0.133. The summed E-state index contributed by atoms with van der Waals surface area (Å²) in [6.07, 6.45) is 0. The molecule has 1 N–H and O–H groups in total. The number of nitrogens with zero attached hydrogens (tertiary/aromatic N) is 1. The van der Waals surface area contributed by atoms with E-state index >= 15 is 0 Å². The summed E-state index contributed by atoms with van der Waals surface area (Å²) < 4.78 is 26.5. The predicted octanol–water partition coefficient (Wildman–Crippen LogP) is 3.25. The normalized spacial score (nSPS) is 11.2. The lowest BCUT2D eigenvalue weighted by atomic mass is 10.2. The summed E-state index contributed by atoms with van der Waals surface area (Å²) in [5.41, 5.74) is 0.0642. The van der Waals surface area contributed by atoms with Gasteiger partial charge in [-0.1, -0.05) is 23.7 Å². The maximum atomic E-state index is 12.7. The summed E-state index contributed by atoms with van der Waals surface area (Å²) >= 11 is 5.77. The Bertz CT molecular complexity index is 787. The molecule has 22 heavy (non-hydrogen) atoms. The first-order valence-electron chi connectivity index (χ1n) is 6.48. The molecule has 0 bridgehead atoms. The molecule has 0 aliphatic rings. The molecule has 2 aromatic rings. The number of hydrogen-bond donors (Lipinski definition) is 1. The van der Waals surface area contributed by atoms with E-state index in [4.69, 9.17) is 11.6 Å².